The van der Waals surface area contributed by atoms with Gasteiger partial charge in [-0.2, -0.15) is 0 Å². The van der Waals surface area contributed by atoms with E-state index < -0.39 is 0 Å². The minimum absolute atomic E-state index is 0.596. The average molecular weight is 301 g/mol. The lowest BCUT2D eigenvalue weighted by molar-refractivity contribution is 0.462. The number of hydrogen-bond donors (Lipinski definition) is 3. The van der Waals surface area contributed by atoms with E-state index in [0.29, 0.717) is 6.04 Å². The summed E-state index contributed by atoms with van der Waals surface area (Å²) in [4.78, 5) is 12.4. The molecule has 2 heterocycles. The zero-order chi connectivity index (χ0) is 15.4. The second-order valence-corrected chi connectivity index (χ2v) is 6.36. The Bertz CT molecular complexity index is 613. The minimum Gasteiger partial charge on any atom is -0.367 e. The highest BCUT2D eigenvalue weighted by Crippen LogP contribution is 2.33. The molecule has 4 rings (SSSR count). The van der Waals surface area contributed by atoms with Crippen LogP contribution in [0.4, 0.5) is 5.82 Å². The molecule has 1 fully saturated rings. The van der Waals surface area contributed by atoms with Crippen molar-refractivity contribution in [3.05, 3.63) is 17.6 Å². The van der Waals surface area contributed by atoms with E-state index >= 15 is 0 Å². The number of fused-ring (bicyclic) bond motifs is 3. The summed E-state index contributed by atoms with van der Waals surface area (Å²) >= 11 is 0. The van der Waals surface area contributed by atoms with Crippen molar-refractivity contribution in [3.8, 4) is 0 Å². The van der Waals surface area contributed by atoms with Gasteiger partial charge in [0.1, 0.15) is 17.8 Å². The van der Waals surface area contributed by atoms with Crippen LogP contribution in [-0.2, 0) is 12.8 Å². The molecule has 2 aliphatic rings. The Hall–Kier alpha value is -1.62. The Morgan fingerprint density at radius 2 is 1.82 bits per heavy atom. The summed E-state index contributed by atoms with van der Waals surface area (Å²) in [5.41, 5.74) is 3.84. The molecule has 0 saturated heterocycles. The van der Waals surface area contributed by atoms with Gasteiger partial charge in [-0.05, 0) is 51.8 Å². The molecule has 0 radical (unpaired) electrons. The van der Waals surface area contributed by atoms with Crippen molar-refractivity contribution < 1.29 is 0 Å². The van der Waals surface area contributed by atoms with Crippen LogP contribution in [-0.4, -0.2) is 35.1 Å². The number of aryl methyl sites for hydroxylation is 2. The molecule has 0 aliphatic heterocycles. The lowest BCUT2D eigenvalue weighted by Gasteiger charge is -2.23. The van der Waals surface area contributed by atoms with Gasteiger partial charge in [-0.3, -0.25) is 0 Å². The van der Waals surface area contributed by atoms with Crippen molar-refractivity contribution in [2.75, 3.05) is 19.4 Å². The van der Waals surface area contributed by atoms with E-state index in [1.165, 1.54) is 61.6 Å². The standard InChI is InChI=1S/C15H20N4.C2H7N/c1-2-5-10(6-3-1)18-14-13-11-7-4-8-12(11)19-15(13)17-9-16-14;1-3-2/h9-10H,1-8H2,(H2,16,17,18,19);3H,1-2H3. The quantitative estimate of drug-likeness (QED) is 0.798. The van der Waals surface area contributed by atoms with Gasteiger partial charge < -0.3 is 15.6 Å². The molecule has 1 saturated carbocycles. The predicted octanol–water partition coefficient (Wildman–Crippen LogP) is 3.03. The highest BCUT2D eigenvalue weighted by Gasteiger charge is 2.22. The first-order chi connectivity index (χ1) is 10.8. The average Bonchev–Trinajstić information content (AvgIpc) is 3.10. The van der Waals surface area contributed by atoms with Crippen LogP contribution in [0.15, 0.2) is 6.33 Å². The van der Waals surface area contributed by atoms with Crippen molar-refractivity contribution in [2.45, 2.75) is 57.4 Å². The Morgan fingerprint density at radius 1 is 1.05 bits per heavy atom. The van der Waals surface area contributed by atoms with Crippen LogP contribution in [0.3, 0.4) is 0 Å². The first-order valence-corrected chi connectivity index (χ1v) is 8.53. The van der Waals surface area contributed by atoms with Crippen molar-refractivity contribution >= 4 is 16.9 Å². The fourth-order valence-electron chi connectivity index (χ4n) is 3.62. The number of nitrogens with zero attached hydrogens (tertiary/aromatic N) is 2. The topological polar surface area (TPSA) is 65.6 Å². The molecule has 2 aliphatic carbocycles. The predicted molar refractivity (Wildman–Crippen MR) is 91.4 cm³/mol. The summed E-state index contributed by atoms with van der Waals surface area (Å²) < 4.78 is 0. The van der Waals surface area contributed by atoms with E-state index in [0.717, 1.165) is 17.9 Å². The molecule has 2 aromatic rings. The third kappa shape index (κ3) is 3.09. The fourth-order valence-corrected chi connectivity index (χ4v) is 3.62. The maximum atomic E-state index is 4.51. The van der Waals surface area contributed by atoms with Crippen LogP contribution < -0.4 is 10.6 Å². The largest absolute Gasteiger partial charge is 0.367 e. The SMILES string of the molecule is CNC.c1nc(NC2CCCCC2)c2c3c([nH]c2n1)CCC3. The number of hydrogen-bond acceptors (Lipinski definition) is 4. The second kappa shape index (κ2) is 7.09. The van der Waals surface area contributed by atoms with Crippen LogP contribution in [0.2, 0.25) is 0 Å². The third-order valence-electron chi connectivity index (χ3n) is 4.58. The summed E-state index contributed by atoms with van der Waals surface area (Å²) in [7, 11) is 3.75. The number of aromatic amines is 1. The van der Waals surface area contributed by atoms with Crippen LogP contribution in [0.1, 0.15) is 49.8 Å². The highest BCUT2D eigenvalue weighted by atomic mass is 15.1. The molecular weight excluding hydrogens is 274 g/mol. The van der Waals surface area contributed by atoms with Gasteiger partial charge in [-0.15, -0.1) is 0 Å². The molecule has 2 aromatic heterocycles. The first-order valence-electron chi connectivity index (χ1n) is 8.53. The van der Waals surface area contributed by atoms with E-state index in [-0.39, 0.29) is 0 Å². The normalized spacial score (nSPS) is 17.9. The number of anilines is 1. The van der Waals surface area contributed by atoms with Crippen molar-refractivity contribution in [2.24, 2.45) is 0 Å². The molecule has 0 amide bonds. The summed E-state index contributed by atoms with van der Waals surface area (Å²) in [6.45, 7) is 0. The molecule has 5 nitrogen and oxygen atoms in total. The Labute approximate surface area is 132 Å². The highest BCUT2D eigenvalue weighted by molar-refractivity contribution is 5.92. The molecular formula is C17H27N5. The van der Waals surface area contributed by atoms with Crippen LogP contribution >= 0.6 is 0 Å². The van der Waals surface area contributed by atoms with E-state index in [2.05, 4.69) is 25.6 Å². The second-order valence-electron chi connectivity index (χ2n) is 6.36. The molecule has 3 N–H and O–H groups in total. The van der Waals surface area contributed by atoms with Gasteiger partial charge >= 0.3 is 0 Å². The lowest BCUT2D eigenvalue weighted by atomic mass is 9.95. The monoisotopic (exact) mass is 301 g/mol. The van der Waals surface area contributed by atoms with Gasteiger partial charge in [0.25, 0.3) is 0 Å². The van der Waals surface area contributed by atoms with Crippen LogP contribution in [0.25, 0.3) is 11.0 Å². The number of H-pyrrole nitrogens is 1. The van der Waals surface area contributed by atoms with Gasteiger partial charge in [-0.25, -0.2) is 9.97 Å². The number of rotatable bonds is 2. The Morgan fingerprint density at radius 3 is 2.59 bits per heavy atom. The Balaban J connectivity index is 0.000000446. The minimum atomic E-state index is 0.596. The maximum absolute atomic E-state index is 4.51. The smallest absolute Gasteiger partial charge is 0.143 e. The zero-order valence-corrected chi connectivity index (χ0v) is 13.7. The molecule has 5 heteroatoms. The van der Waals surface area contributed by atoms with Crippen molar-refractivity contribution in [1.82, 2.24) is 20.3 Å². The van der Waals surface area contributed by atoms with Gasteiger partial charge in [0.05, 0.1) is 5.39 Å². The summed E-state index contributed by atoms with van der Waals surface area (Å²) in [6.07, 6.45) is 11.9. The third-order valence-corrected chi connectivity index (χ3v) is 4.58. The van der Waals surface area contributed by atoms with Crippen LogP contribution in [0.5, 0.6) is 0 Å². The summed E-state index contributed by atoms with van der Waals surface area (Å²) in [5.74, 6) is 1.05. The van der Waals surface area contributed by atoms with Gasteiger partial charge in [0.2, 0.25) is 0 Å². The maximum Gasteiger partial charge on any atom is 0.143 e. The molecule has 0 spiro atoms. The van der Waals surface area contributed by atoms with E-state index in [4.69, 9.17) is 0 Å². The summed E-state index contributed by atoms with van der Waals surface area (Å²) in [5, 5.41) is 7.67. The van der Waals surface area contributed by atoms with E-state index in [1.54, 1.807) is 6.33 Å². The first kappa shape index (κ1) is 15.3. The van der Waals surface area contributed by atoms with E-state index in [9.17, 15) is 0 Å². The van der Waals surface area contributed by atoms with Gasteiger partial charge in [-0.1, -0.05) is 19.3 Å². The Kier molecular flexibility index (Phi) is 4.93. The molecule has 0 aromatic carbocycles. The van der Waals surface area contributed by atoms with Crippen LogP contribution in [0, 0.1) is 0 Å². The van der Waals surface area contributed by atoms with Crippen molar-refractivity contribution in [3.63, 3.8) is 0 Å². The lowest BCUT2D eigenvalue weighted by Crippen LogP contribution is -2.23. The molecule has 0 bridgehead atoms. The zero-order valence-electron chi connectivity index (χ0n) is 13.7. The number of nitrogens with one attached hydrogen (secondary N) is 3. The number of aromatic nitrogens is 3. The fraction of sp³-hybridized carbons (Fsp3) is 0.647. The van der Waals surface area contributed by atoms with Gasteiger partial charge in [0, 0.05) is 11.7 Å². The van der Waals surface area contributed by atoms with Gasteiger partial charge in [0.15, 0.2) is 0 Å². The van der Waals surface area contributed by atoms with E-state index in [1.807, 2.05) is 14.1 Å². The van der Waals surface area contributed by atoms with Crippen molar-refractivity contribution in [1.29, 1.82) is 0 Å². The summed E-state index contributed by atoms with van der Waals surface area (Å²) in [6, 6.07) is 0.596. The molecule has 22 heavy (non-hydrogen) atoms. The molecule has 0 unspecified atom stereocenters. The molecule has 0 atom stereocenters. The molecule has 120 valence electrons.